The fraction of sp³-hybridized carbons (Fsp3) is 0.385. The highest BCUT2D eigenvalue weighted by molar-refractivity contribution is 7.87. The fourth-order valence-corrected chi connectivity index (χ4v) is 2.88. The molecular weight excluding hydrogens is 320 g/mol. The number of halogens is 2. The Kier molecular flexibility index (Phi) is 4.45. The Labute approximate surface area is 125 Å². The summed E-state index contributed by atoms with van der Waals surface area (Å²) in [4.78, 5) is 24.7. The Morgan fingerprint density at radius 2 is 2.14 bits per heavy atom. The SMILES string of the molecule is CCOC(=O)c1cc(F)ccc1N1CC(S(=O)(=O)F)CC1=O. The molecule has 1 aromatic rings. The molecule has 9 heteroatoms. The topological polar surface area (TPSA) is 80.8 Å². The predicted molar refractivity (Wildman–Crippen MR) is 73.1 cm³/mol. The molecule has 0 bridgehead atoms. The fourth-order valence-electron chi connectivity index (χ4n) is 2.21. The number of hydrogen-bond acceptors (Lipinski definition) is 5. The first kappa shape index (κ1) is 16.3. The predicted octanol–water partition coefficient (Wildman–Crippen LogP) is 1.41. The van der Waals surface area contributed by atoms with E-state index in [1.54, 1.807) is 6.92 Å². The van der Waals surface area contributed by atoms with Crippen molar-refractivity contribution in [2.45, 2.75) is 18.6 Å². The van der Waals surface area contributed by atoms with E-state index in [4.69, 9.17) is 4.74 Å². The van der Waals surface area contributed by atoms with Gasteiger partial charge in [-0.25, -0.2) is 9.18 Å². The third-order valence-electron chi connectivity index (χ3n) is 3.23. The number of hydrogen-bond donors (Lipinski definition) is 0. The number of nitrogens with zero attached hydrogens (tertiary/aromatic N) is 1. The minimum Gasteiger partial charge on any atom is -0.462 e. The van der Waals surface area contributed by atoms with Gasteiger partial charge in [0.15, 0.2) is 0 Å². The molecular formula is C13H13F2NO5S. The van der Waals surface area contributed by atoms with Gasteiger partial charge in [-0.05, 0) is 25.1 Å². The average Bonchev–Trinajstić information content (AvgIpc) is 2.81. The zero-order valence-electron chi connectivity index (χ0n) is 11.6. The van der Waals surface area contributed by atoms with Crippen molar-refractivity contribution < 1.29 is 31.0 Å². The van der Waals surface area contributed by atoms with Gasteiger partial charge in [-0.1, -0.05) is 0 Å². The van der Waals surface area contributed by atoms with Crippen molar-refractivity contribution in [2.75, 3.05) is 18.1 Å². The van der Waals surface area contributed by atoms with Crippen LogP contribution in [0.5, 0.6) is 0 Å². The second-order valence-electron chi connectivity index (χ2n) is 4.69. The highest BCUT2D eigenvalue weighted by Crippen LogP contribution is 2.29. The molecule has 120 valence electrons. The van der Waals surface area contributed by atoms with Gasteiger partial charge >= 0.3 is 16.2 Å². The molecule has 0 saturated carbocycles. The van der Waals surface area contributed by atoms with Crippen LogP contribution in [0.3, 0.4) is 0 Å². The molecule has 1 fully saturated rings. The molecule has 0 aromatic heterocycles. The molecule has 2 rings (SSSR count). The van der Waals surface area contributed by atoms with Gasteiger partial charge in [-0.3, -0.25) is 4.79 Å². The molecule has 1 aromatic carbocycles. The van der Waals surface area contributed by atoms with Crippen LogP contribution in [0.1, 0.15) is 23.7 Å². The number of benzene rings is 1. The van der Waals surface area contributed by atoms with E-state index in [-0.39, 0.29) is 17.9 Å². The van der Waals surface area contributed by atoms with Crippen molar-refractivity contribution in [3.8, 4) is 0 Å². The highest BCUT2D eigenvalue weighted by Gasteiger charge is 2.40. The largest absolute Gasteiger partial charge is 0.462 e. The van der Waals surface area contributed by atoms with Crippen molar-refractivity contribution in [1.82, 2.24) is 0 Å². The second kappa shape index (κ2) is 5.99. The maximum absolute atomic E-state index is 13.3. The van der Waals surface area contributed by atoms with Gasteiger partial charge in [0.25, 0.3) is 0 Å². The zero-order chi connectivity index (χ0) is 16.5. The van der Waals surface area contributed by atoms with Crippen LogP contribution >= 0.6 is 0 Å². The van der Waals surface area contributed by atoms with Crippen LogP contribution in [0.2, 0.25) is 0 Å². The van der Waals surface area contributed by atoms with Crippen LogP contribution in [-0.4, -0.2) is 38.7 Å². The maximum atomic E-state index is 13.3. The van der Waals surface area contributed by atoms with E-state index in [1.807, 2.05) is 0 Å². The third-order valence-corrected chi connectivity index (χ3v) is 4.34. The van der Waals surface area contributed by atoms with Crippen molar-refractivity contribution >= 4 is 27.8 Å². The Balaban J connectivity index is 2.41. The first-order valence-corrected chi connectivity index (χ1v) is 7.89. The standard InChI is InChI=1S/C13H13F2NO5S/c1-2-21-13(18)10-5-8(14)3-4-11(10)16-7-9(6-12(16)17)22(15,19)20/h3-5,9H,2,6-7H2,1H3. The van der Waals surface area contributed by atoms with Crippen molar-refractivity contribution in [2.24, 2.45) is 0 Å². The number of amides is 1. The summed E-state index contributed by atoms with van der Waals surface area (Å²) >= 11 is 0. The Bertz CT molecular complexity index is 719. The smallest absolute Gasteiger partial charge is 0.340 e. The molecule has 1 saturated heterocycles. The Morgan fingerprint density at radius 3 is 2.68 bits per heavy atom. The van der Waals surface area contributed by atoms with E-state index >= 15 is 0 Å². The summed E-state index contributed by atoms with van der Waals surface area (Å²) in [6.45, 7) is 1.17. The van der Waals surface area contributed by atoms with E-state index in [9.17, 15) is 26.3 Å². The van der Waals surface area contributed by atoms with Crippen molar-refractivity contribution in [1.29, 1.82) is 0 Å². The summed E-state index contributed by atoms with van der Waals surface area (Å²) in [7, 11) is -4.88. The van der Waals surface area contributed by atoms with E-state index in [1.165, 1.54) is 0 Å². The van der Waals surface area contributed by atoms with Crippen molar-refractivity contribution in [3.63, 3.8) is 0 Å². The molecule has 1 unspecified atom stereocenters. The third kappa shape index (κ3) is 3.24. The molecule has 1 aliphatic heterocycles. The van der Waals surface area contributed by atoms with Crippen LogP contribution in [0, 0.1) is 5.82 Å². The van der Waals surface area contributed by atoms with Gasteiger partial charge in [-0.2, -0.15) is 8.42 Å². The van der Waals surface area contributed by atoms with Crippen LogP contribution in [0.4, 0.5) is 14.0 Å². The molecule has 6 nitrogen and oxygen atoms in total. The minimum atomic E-state index is -4.88. The van der Waals surface area contributed by atoms with Crippen LogP contribution in [0.25, 0.3) is 0 Å². The summed E-state index contributed by atoms with van der Waals surface area (Å²) in [6, 6.07) is 3.06. The summed E-state index contributed by atoms with van der Waals surface area (Å²) in [5.41, 5.74) is -0.219. The van der Waals surface area contributed by atoms with E-state index in [0.29, 0.717) is 0 Å². The number of rotatable bonds is 4. The van der Waals surface area contributed by atoms with Crippen molar-refractivity contribution in [3.05, 3.63) is 29.6 Å². The van der Waals surface area contributed by atoms with Gasteiger partial charge in [0, 0.05) is 13.0 Å². The minimum absolute atomic E-state index is 0.00370. The zero-order valence-corrected chi connectivity index (χ0v) is 12.4. The first-order valence-electron chi connectivity index (χ1n) is 6.44. The van der Waals surface area contributed by atoms with E-state index < -0.39 is 46.1 Å². The number of esters is 1. The second-order valence-corrected chi connectivity index (χ2v) is 6.31. The number of carbonyl (C=O) groups excluding carboxylic acids is 2. The summed E-state index contributed by atoms with van der Waals surface area (Å²) < 4.78 is 53.0. The summed E-state index contributed by atoms with van der Waals surface area (Å²) in [6.07, 6.45) is -0.529. The monoisotopic (exact) mass is 333 g/mol. The Morgan fingerprint density at radius 1 is 1.45 bits per heavy atom. The average molecular weight is 333 g/mol. The van der Waals surface area contributed by atoms with Crippen LogP contribution in [0.15, 0.2) is 18.2 Å². The van der Waals surface area contributed by atoms with Gasteiger partial charge in [0.1, 0.15) is 11.1 Å². The van der Waals surface area contributed by atoms with Crippen LogP contribution < -0.4 is 4.90 Å². The van der Waals surface area contributed by atoms with Gasteiger partial charge < -0.3 is 9.64 Å². The molecule has 0 spiro atoms. The maximum Gasteiger partial charge on any atom is 0.340 e. The molecule has 1 atom stereocenters. The molecule has 1 amide bonds. The van der Waals surface area contributed by atoms with Gasteiger partial charge in [0.2, 0.25) is 5.91 Å². The molecule has 1 aliphatic rings. The summed E-state index contributed by atoms with van der Waals surface area (Å²) in [5, 5.41) is -1.50. The quantitative estimate of drug-likeness (QED) is 0.615. The lowest BCUT2D eigenvalue weighted by Crippen LogP contribution is -2.28. The number of ether oxygens (including phenoxy) is 1. The van der Waals surface area contributed by atoms with Gasteiger partial charge in [0.05, 0.1) is 17.9 Å². The van der Waals surface area contributed by atoms with Gasteiger partial charge in [-0.15, -0.1) is 3.89 Å². The lowest BCUT2D eigenvalue weighted by Gasteiger charge is -2.19. The molecule has 0 aliphatic carbocycles. The molecule has 0 radical (unpaired) electrons. The van der Waals surface area contributed by atoms with Crippen LogP contribution in [-0.2, 0) is 19.8 Å². The molecule has 0 N–H and O–H groups in total. The van der Waals surface area contributed by atoms with E-state index in [0.717, 1.165) is 23.1 Å². The first-order chi connectivity index (χ1) is 10.2. The normalized spacial score (nSPS) is 18.6. The highest BCUT2D eigenvalue weighted by atomic mass is 32.3. The molecule has 1 heterocycles. The van der Waals surface area contributed by atoms with E-state index in [2.05, 4.69) is 0 Å². The summed E-state index contributed by atoms with van der Waals surface area (Å²) in [5.74, 6) is -2.23. The lowest BCUT2D eigenvalue weighted by molar-refractivity contribution is -0.117. The number of anilines is 1. The number of carbonyl (C=O) groups is 2. The Hall–Kier alpha value is -2.03. The molecule has 22 heavy (non-hydrogen) atoms. The lowest BCUT2D eigenvalue weighted by atomic mass is 10.1.